The fourth-order valence-corrected chi connectivity index (χ4v) is 2.02. The average Bonchev–Trinajstić information content (AvgIpc) is 2.25. The highest BCUT2D eigenvalue weighted by atomic mass is 32.1. The molecule has 0 aliphatic rings. The molecular formula is C14H22S. The Kier molecular flexibility index (Phi) is 8.21. The molecule has 0 spiro atoms. The lowest BCUT2D eigenvalue weighted by Crippen LogP contribution is -1.94. The number of rotatable bonds is 6. The molecule has 0 radical (unpaired) electrons. The Morgan fingerprint density at radius 2 is 1.87 bits per heavy atom. The molecule has 0 aromatic rings. The van der Waals surface area contributed by atoms with E-state index >= 15 is 0 Å². The molecule has 0 saturated heterocycles. The minimum Gasteiger partial charge on any atom is -0.175 e. The van der Waals surface area contributed by atoms with Gasteiger partial charge >= 0.3 is 0 Å². The molecular weight excluding hydrogens is 200 g/mol. The highest BCUT2D eigenvalue weighted by molar-refractivity contribution is 7.80. The zero-order valence-corrected chi connectivity index (χ0v) is 11.0. The summed E-state index contributed by atoms with van der Waals surface area (Å²) in [6, 6.07) is 0. The van der Waals surface area contributed by atoms with E-state index in [4.69, 9.17) is 0 Å². The average molecular weight is 222 g/mol. The van der Waals surface area contributed by atoms with Crippen molar-refractivity contribution < 1.29 is 0 Å². The van der Waals surface area contributed by atoms with Crippen LogP contribution in [0.4, 0.5) is 0 Å². The third kappa shape index (κ3) is 5.08. The Hall–Kier alpha value is -0.690. The van der Waals surface area contributed by atoms with E-state index < -0.39 is 0 Å². The molecule has 84 valence electrons. The van der Waals surface area contributed by atoms with Gasteiger partial charge in [0.25, 0.3) is 0 Å². The van der Waals surface area contributed by atoms with Gasteiger partial charge in [0.2, 0.25) is 0 Å². The molecule has 15 heavy (non-hydrogen) atoms. The molecule has 0 nitrogen and oxygen atoms in total. The Balaban J connectivity index is 4.95. The maximum Gasteiger partial charge on any atom is 0.0118 e. The first-order valence-corrected chi connectivity index (χ1v) is 6.12. The maximum atomic E-state index is 4.37. The number of allylic oxidation sites excluding steroid dienone is 6. The number of hydrogen-bond donors (Lipinski definition) is 1. The van der Waals surface area contributed by atoms with Crippen molar-refractivity contribution >= 4 is 12.6 Å². The molecule has 0 fully saturated rings. The standard InChI is InChI=1S/C14H22S/c1-5-8-9-10-12(4)14(7-3)13(6-2)11-15/h5,8-10,15H,1,6-7,11H2,2-4H3/b9-8-,12-10+,14-13-. The van der Waals surface area contributed by atoms with Crippen LogP contribution in [0.15, 0.2) is 47.6 Å². The molecule has 1 heteroatoms. The van der Waals surface area contributed by atoms with E-state index in [0.717, 1.165) is 18.6 Å². The molecule has 0 heterocycles. The largest absolute Gasteiger partial charge is 0.175 e. The number of hydrogen-bond acceptors (Lipinski definition) is 1. The summed E-state index contributed by atoms with van der Waals surface area (Å²) in [7, 11) is 0. The zero-order valence-electron chi connectivity index (χ0n) is 10.1. The fourth-order valence-electron chi connectivity index (χ4n) is 1.61. The predicted octanol–water partition coefficient (Wildman–Crippen LogP) is 4.72. The summed E-state index contributed by atoms with van der Waals surface area (Å²) < 4.78 is 0. The minimum atomic E-state index is 0.857. The maximum absolute atomic E-state index is 4.37. The van der Waals surface area contributed by atoms with Crippen molar-refractivity contribution in [2.45, 2.75) is 33.6 Å². The van der Waals surface area contributed by atoms with Crippen molar-refractivity contribution in [3.05, 3.63) is 47.6 Å². The van der Waals surface area contributed by atoms with Crippen LogP contribution >= 0.6 is 12.6 Å². The molecule has 0 saturated carbocycles. The summed E-state index contributed by atoms with van der Waals surface area (Å²) in [6.45, 7) is 10.2. The van der Waals surface area contributed by atoms with Gasteiger partial charge in [0.1, 0.15) is 0 Å². The van der Waals surface area contributed by atoms with Crippen LogP contribution in [0.1, 0.15) is 33.6 Å². The Bertz CT molecular complexity index is 274. The van der Waals surface area contributed by atoms with Gasteiger partial charge in [-0.05, 0) is 30.9 Å². The summed E-state index contributed by atoms with van der Waals surface area (Å²) in [5.74, 6) is 0.857. The van der Waals surface area contributed by atoms with Gasteiger partial charge < -0.3 is 0 Å². The Labute approximate surface area is 99.9 Å². The van der Waals surface area contributed by atoms with Crippen LogP contribution in [0.5, 0.6) is 0 Å². The van der Waals surface area contributed by atoms with E-state index in [1.165, 1.54) is 16.7 Å². The molecule has 0 aliphatic heterocycles. The number of thiol groups is 1. The van der Waals surface area contributed by atoms with Gasteiger partial charge in [-0.2, -0.15) is 12.6 Å². The molecule has 0 rings (SSSR count). The van der Waals surface area contributed by atoms with Crippen molar-refractivity contribution in [2.75, 3.05) is 5.75 Å². The van der Waals surface area contributed by atoms with Crippen LogP contribution < -0.4 is 0 Å². The van der Waals surface area contributed by atoms with Gasteiger partial charge in [-0.3, -0.25) is 0 Å². The van der Waals surface area contributed by atoms with Gasteiger partial charge in [-0.1, -0.05) is 50.3 Å². The van der Waals surface area contributed by atoms with Gasteiger partial charge in [-0.25, -0.2) is 0 Å². The van der Waals surface area contributed by atoms with Crippen LogP contribution in [0.3, 0.4) is 0 Å². The molecule has 0 aliphatic carbocycles. The SMILES string of the molecule is C=C\C=C/C=C(C)/C(CC)=C(/CC)CS. The van der Waals surface area contributed by atoms with Crippen LogP contribution in [-0.4, -0.2) is 5.75 Å². The first-order chi connectivity index (χ1) is 7.21. The van der Waals surface area contributed by atoms with E-state index in [1.54, 1.807) is 6.08 Å². The third-order valence-electron chi connectivity index (χ3n) is 2.47. The van der Waals surface area contributed by atoms with Crippen LogP contribution in [-0.2, 0) is 0 Å². The Morgan fingerprint density at radius 3 is 2.27 bits per heavy atom. The third-order valence-corrected chi connectivity index (χ3v) is 2.85. The van der Waals surface area contributed by atoms with Crippen molar-refractivity contribution in [3.8, 4) is 0 Å². The van der Waals surface area contributed by atoms with Crippen molar-refractivity contribution in [1.29, 1.82) is 0 Å². The van der Waals surface area contributed by atoms with E-state index in [-0.39, 0.29) is 0 Å². The minimum absolute atomic E-state index is 0.857. The van der Waals surface area contributed by atoms with Crippen LogP contribution in [0.25, 0.3) is 0 Å². The first-order valence-electron chi connectivity index (χ1n) is 5.49. The second kappa shape index (κ2) is 8.60. The summed E-state index contributed by atoms with van der Waals surface area (Å²) in [6.07, 6.45) is 10.1. The summed E-state index contributed by atoms with van der Waals surface area (Å²) in [4.78, 5) is 0. The second-order valence-electron chi connectivity index (χ2n) is 3.42. The lowest BCUT2D eigenvalue weighted by atomic mass is 9.97. The fraction of sp³-hybridized carbons (Fsp3) is 0.429. The highest BCUT2D eigenvalue weighted by Crippen LogP contribution is 2.21. The van der Waals surface area contributed by atoms with Crippen LogP contribution in [0, 0.1) is 0 Å². The quantitative estimate of drug-likeness (QED) is 0.488. The van der Waals surface area contributed by atoms with Gasteiger partial charge in [0.15, 0.2) is 0 Å². The monoisotopic (exact) mass is 222 g/mol. The second-order valence-corrected chi connectivity index (χ2v) is 3.73. The zero-order chi connectivity index (χ0) is 11.7. The molecule has 0 unspecified atom stereocenters. The Morgan fingerprint density at radius 1 is 1.20 bits per heavy atom. The lowest BCUT2D eigenvalue weighted by Gasteiger charge is -2.11. The first kappa shape index (κ1) is 14.3. The van der Waals surface area contributed by atoms with Gasteiger partial charge in [0, 0.05) is 5.75 Å². The lowest BCUT2D eigenvalue weighted by molar-refractivity contribution is 0.998. The molecule has 0 aromatic heterocycles. The van der Waals surface area contributed by atoms with Crippen molar-refractivity contribution in [1.82, 2.24) is 0 Å². The summed E-state index contributed by atoms with van der Waals surface area (Å²) in [5, 5.41) is 0. The van der Waals surface area contributed by atoms with Crippen molar-refractivity contribution in [3.63, 3.8) is 0 Å². The van der Waals surface area contributed by atoms with E-state index in [2.05, 4.69) is 46.1 Å². The molecule has 0 aromatic carbocycles. The van der Waals surface area contributed by atoms with E-state index in [9.17, 15) is 0 Å². The molecule has 0 amide bonds. The van der Waals surface area contributed by atoms with Gasteiger partial charge in [0.05, 0.1) is 0 Å². The van der Waals surface area contributed by atoms with Crippen LogP contribution in [0.2, 0.25) is 0 Å². The highest BCUT2D eigenvalue weighted by Gasteiger charge is 2.03. The molecule has 0 bridgehead atoms. The summed E-state index contributed by atoms with van der Waals surface area (Å²) in [5.41, 5.74) is 4.23. The normalized spacial score (nSPS) is 14.3. The van der Waals surface area contributed by atoms with E-state index in [1.807, 2.05) is 12.2 Å². The predicted molar refractivity (Wildman–Crippen MR) is 74.6 cm³/mol. The summed E-state index contributed by atoms with van der Waals surface area (Å²) >= 11 is 4.37. The van der Waals surface area contributed by atoms with E-state index in [0.29, 0.717) is 0 Å². The topological polar surface area (TPSA) is 0 Å². The smallest absolute Gasteiger partial charge is 0.0118 e. The van der Waals surface area contributed by atoms with Crippen molar-refractivity contribution in [2.24, 2.45) is 0 Å². The molecule has 0 N–H and O–H groups in total. The van der Waals surface area contributed by atoms with Gasteiger partial charge in [-0.15, -0.1) is 0 Å². The molecule has 0 atom stereocenters.